The van der Waals surface area contributed by atoms with Gasteiger partial charge in [-0.1, -0.05) is 150 Å². The number of phosphoric ester groups is 2. The third kappa shape index (κ3) is 24.2. The second-order valence-corrected chi connectivity index (χ2v) is 23.2. The predicted octanol–water partition coefficient (Wildman–Crippen LogP) is 15.3. The Kier molecular flexibility index (Phi) is 29.9. The van der Waals surface area contributed by atoms with Gasteiger partial charge in [-0.2, -0.15) is 0 Å². The third-order valence-corrected chi connectivity index (χ3v) is 15.0. The second kappa shape index (κ2) is 34.5. The fraction of sp³-hybridized carbons (Fsp3) is 0.590. The number of aromatic hydroxyl groups is 1. The molecule has 16 heteroatoms. The molecule has 0 aliphatic heterocycles. The molecule has 3 aromatic carbocycles. The van der Waals surface area contributed by atoms with Crippen molar-refractivity contribution in [3.63, 3.8) is 0 Å². The fourth-order valence-electron chi connectivity index (χ4n) is 9.69. The van der Waals surface area contributed by atoms with E-state index in [0.29, 0.717) is 43.2 Å². The average molecular weight is 1110 g/mol. The van der Waals surface area contributed by atoms with Gasteiger partial charge in [-0.15, -0.1) is 0 Å². The lowest BCUT2D eigenvalue weighted by Gasteiger charge is -2.21. The Morgan fingerprint density at radius 2 is 0.805 bits per heavy atom. The Balaban J connectivity index is 2.38. The van der Waals surface area contributed by atoms with E-state index in [1.807, 2.05) is 0 Å². The number of carbonyl (C=O) groups excluding carboxylic acids is 5. The van der Waals surface area contributed by atoms with E-state index in [-0.39, 0.29) is 130 Å². The number of unbranched alkanes of at least 4 members (excludes halogenated alkanes) is 16. The zero-order valence-electron chi connectivity index (χ0n) is 47.2. The van der Waals surface area contributed by atoms with Crippen LogP contribution in [0.4, 0.5) is 0 Å². The van der Waals surface area contributed by atoms with Crippen molar-refractivity contribution in [1.29, 1.82) is 0 Å². The number of rotatable bonds is 41. The summed E-state index contributed by atoms with van der Waals surface area (Å²) in [6.07, 6.45) is 19.7. The van der Waals surface area contributed by atoms with Crippen molar-refractivity contribution >= 4 is 44.6 Å². The lowest BCUT2D eigenvalue weighted by atomic mass is 9.88. The van der Waals surface area contributed by atoms with Crippen molar-refractivity contribution < 1.29 is 66.8 Å². The Morgan fingerprint density at radius 3 is 1.16 bits per heavy atom. The van der Waals surface area contributed by atoms with E-state index in [4.69, 9.17) is 9.05 Å². The first-order valence-electron chi connectivity index (χ1n) is 28.6. The first-order valence-corrected chi connectivity index (χ1v) is 31.6. The SMILES string of the molecule is CCCCCCCC(=O)c1cc(Cc2cc(C(=O)CCCCCCC)cc(CC)c2OP(=O)(O)O)c(O)c(Cc2cc(C(=O)CCCCCCC)cc(CC(=CC(C)C(=O)CCCCCCC)C(C)=O)c2OP(=O)(O)O)c1. The summed E-state index contributed by atoms with van der Waals surface area (Å²) in [6.45, 7) is 13.2. The molecular weight excluding hydrogens is 1020 g/mol. The molecule has 0 aromatic heterocycles. The second-order valence-electron chi connectivity index (χ2n) is 20.9. The quantitative estimate of drug-likeness (QED) is 0.0154. The average Bonchev–Trinajstić information content (AvgIpc) is 3.37. The van der Waals surface area contributed by atoms with Crippen molar-refractivity contribution in [1.82, 2.24) is 0 Å². The summed E-state index contributed by atoms with van der Waals surface area (Å²) < 4.78 is 36.3. The molecule has 77 heavy (non-hydrogen) atoms. The van der Waals surface area contributed by atoms with Crippen LogP contribution in [0.5, 0.6) is 17.2 Å². The summed E-state index contributed by atoms with van der Waals surface area (Å²) in [5.41, 5.74) is 1.67. The van der Waals surface area contributed by atoms with Gasteiger partial charge in [0.15, 0.2) is 23.1 Å². The van der Waals surface area contributed by atoms with Gasteiger partial charge in [0.05, 0.1) is 0 Å². The number of phenolic OH excluding ortho intramolecular Hbond substituents is 1. The third-order valence-electron chi connectivity index (χ3n) is 14.1. The van der Waals surface area contributed by atoms with Gasteiger partial charge in [-0.05, 0) is 97.7 Å². The summed E-state index contributed by atoms with van der Waals surface area (Å²) in [7, 11) is -10.6. The summed E-state index contributed by atoms with van der Waals surface area (Å²) >= 11 is 0. The monoisotopic (exact) mass is 1110 g/mol. The molecule has 0 amide bonds. The molecule has 0 heterocycles. The molecule has 14 nitrogen and oxygen atoms in total. The maximum atomic E-state index is 14.2. The van der Waals surface area contributed by atoms with Gasteiger partial charge in [0.1, 0.15) is 23.0 Å². The molecule has 0 radical (unpaired) electrons. The molecule has 1 unspecified atom stereocenters. The Morgan fingerprint density at radius 1 is 0.481 bits per heavy atom. The van der Waals surface area contributed by atoms with Gasteiger partial charge < -0.3 is 14.2 Å². The van der Waals surface area contributed by atoms with E-state index in [1.165, 1.54) is 37.3 Å². The molecule has 5 N–H and O–H groups in total. The summed E-state index contributed by atoms with van der Waals surface area (Å²) in [6, 6.07) is 8.94. The van der Waals surface area contributed by atoms with E-state index < -0.39 is 27.3 Å². The van der Waals surface area contributed by atoms with E-state index in [2.05, 4.69) is 27.7 Å². The number of hydrogen-bond donors (Lipinski definition) is 5. The Hall–Kier alpha value is -4.55. The number of hydrogen-bond acceptors (Lipinski definition) is 10. The normalized spacial score (nSPS) is 12.4. The molecule has 0 saturated carbocycles. The Labute approximate surface area is 459 Å². The largest absolute Gasteiger partial charge is 0.524 e. The van der Waals surface area contributed by atoms with Gasteiger partial charge in [0.25, 0.3) is 0 Å². The number of phosphoric acid groups is 2. The topological polar surface area (TPSA) is 239 Å². The van der Waals surface area contributed by atoms with Crippen molar-refractivity contribution in [2.45, 2.75) is 228 Å². The minimum absolute atomic E-state index is 0.0509. The van der Waals surface area contributed by atoms with Gasteiger partial charge >= 0.3 is 15.6 Å². The maximum absolute atomic E-state index is 14.2. The minimum atomic E-state index is -5.38. The molecule has 1 atom stereocenters. The van der Waals surface area contributed by atoms with Gasteiger partial charge in [-0.3, -0.25) is 43.5 Å². The zero-order chi connectivity index (χ0) is 57.1. The van der Waals surface area contributed by atoms with Crippen LogP contribution in [0.2, 0.25) is 0 Å². The van der Waals surface area contributed by atoms with Crippen LogP contribution in [0.25, 0.3) is 0 Å². The summed E-state index contributed by atoms with van der Waals surface area (Å²) in [5.74, 6) is -2.75. The highest BCUT2D eigenvalue weighted by atomic mass is 31.2. The van der Waals surface area contributed by atoms with E-state index >= 15 is 0 Å². The Bertz CT molecular complexity index is 2550. The molecule has 0 saturated heterocycles. The van der Waals surface area contributed by atoms with Crippen LogP contribution >= 0.6 is 15.6 Å². The van der Waals surface area contributed by atoms with Gasteiger partial charge in [-0.25, -0.2) is 9.13 Å². The highest BCUT2D eigenvalue weighted by Gasteiger charge is 2.29. The van der Waals surface area contributed by atoms with Crippen LogP contribution in [0.3, 0.4) is 0 Å². The molecule has 428 valence electrons. The van der Waals surface area contributed by atoms with Crippen LogP contribution in [-0.2, 0) is 44.4 Å². The number of phenols is 1. The standard InChI is InChI=1S/C61H90O14P2/c1-8-13-17-21-25-29-55(63)43(6)33-46(44(7)62)35-52-39-49(58(66)32-28-24-20-16-11-4)40-54(61(52)75-77(71,72)73)42-51-37-48(57(65)31-27-23-19-15-10-3)36-50(59(51)67)41-53-38-47(56(64)30-26-22-18-14-9-2)34-45(12-5)60(53)74-76(68,69)70/h33-34,36-40,43,67H,8-32,35,41-42H2,1-7H3,(H2,68,69,70)(H2,71,72,73). The maximum Gasteiger partial charge on any atom is 0.524 e. The highest BCUT2D eigenvalue weighted by molar-refractivity contribution is 7.47. The van der Waals surface area contributed by atoms with Crippen LogP contribution in [-0.4, -0.2) is 53.6 Å². The molecule has 0 bridgehead atoms. The molecule has 0 aliphatic rings. The first kappa shape index (κ1) is 66.7. The molecule has 3 rings (SSSR count). The molecule has 0 aliphatic carbocycles. The number of aryl methyl sites for hydroxylation is 1. The predicted molar refractivity (Wildman–Crippen MR) is 304 cm³/mol. The van der Waals surface area contributed by atoms with Crippen molar-refractivity contribution in [3.8, 4) is 17.2 Å². The van der Waals surface area contributed by atoms with E-state index in [1.54, 1.807) is 26.0 Å². The number of Topliss-reactive ketones (excluding diaryl/α,β-unsaturated/α-hetero) is 5. The molecule has 0 fully saturated rings. The number of ketones is 5. The van der Waals surface area contributed by atoms with E-state index in [9.17, 15) is 57.8 Å². The van der Waals surface area contributed by atoms with E-state index in [0.717, 1.165) is 103 Å². The van der Waals surface area contributed by atoms with Gasteiger partial charge in [0.2, 0.25) is 0 Å². The van der Waals surface area contributed by atoms with Crippen LogP contribution in [0, 0.1) is 5.92 Å². The molecule has 0 spiro atoms. The van der Waals surface area contributed by atoms with Crippen LogP contribution in [0.1, 0.15) is 267 Å². The lowest BCUT2D eigenvalue weighted by Crippen LogP contribution is -2.13. The van der Waals surface area contributed by atoms with Crippen molar-refractivity contribution in [2.24, 2.45) is 5.92 Å². The van der Waals surface area contributed by atoms with Crippen LogP contribution < -0.4 is 9.05 Å². The van der Waals surface area contributed by atoms with Crippen molar-refractivity contribution in [2.75, 3.05) is 0 Å². The first-order chi connectivity index (χ1) is 36.6. The number of carbonyl (C=O) groups is 5. The summed E-state index contributed by atoms with van der Waals surface area (Å²) in [5, 5.41) is 12.4. The highest BCUT2D eigenvalue weighted by Crippen LogP contribution is 2.46. The molecule has 3 aromatic rings. The van der Waals surface area contributed by atoms with Crippen molar-refractivity contribution in [3.05, 3.63) is 98.1 Å². The minimum Gasteiger partial charge on any atom is -0.507 e. The lowest BCUT2D eigenvalue weighted by molar-refractivity contribution is -0.121. The molecular formula is C61H90O14P2. The smallest absolute Gasteiger partial charge is 0.507 e. The number of allylic oxidation sites excluding steroid dienone is 2. The summed E-state index contributed by atoms with van der Waals surface area (Å²) in [4.78, 5) is 110. The van der Waals surface area contributed by atoms with Gasteiger partial charge in [0, 0.05) is 84.2 Å². The fourth-order valence-corrected chi connectivity index (χ4v) is 10.6. The van der Waals surface area contributed by atoms with Crippen LogP contribution in [0.15, 0.2) is 48.0 Å². The number of benzene rings is 3. The zero-order valence-corrected chi connectivity index (χ0v) is 49.0.